The molecule has 0 aliphatic heterocycles. The number of rotatable bonds is 5. The second-order valence-corrected chi connectivity index (χ2v) is 4.50. The molecule has 1 heterocycles. The van der Waals surface area contributed by atoms with Gasteiger partial charge in [-0.25, -0.2) is 0 Å². The minimum Gasteiger partial charge on any atom is -0.385 e. The van der Waals surface area contributed by atoms with Gasteiger partial charge >= 0.3 is 0 Å². The SMILES string of the molecule is c1ccc(NCCc2nncn2-c2ccccc2)cc1. The van der Waals surface area contributed by atoms with E-state index in [2.05, 4.69) is 39.8 Å². The van der Waals surface area contributed by atoms with Crippen LogP contribution in [0.1, 0.15) is 5.82 Å². The maximum atomic E-state index is 4.20. The molecule has 0 atom stereocenters. The lowest BCUT2D eigenvalue weighted by Gasteiger charge is -2.08. The molecular formula is C16H16N4. The Morgan fingerprint density at radius 3 is 2.35 bits per heavy atom. The number of anilines is 1. The molecule has 0 saturated carbocycles. The number of nitrogens with zero attached hydrogens (tertiary/aromatic N) is 3. The van der Waals surface area contributed by atoms with Crippen molar-refractivity contribution in [1.82, 2.24) is 14.8 Å². The molecule has 2 aromatic carbocycles. The highest BCUT2D eigenvalue weighted by Gasteiger charge is 2.05. The van der Waals surface area contributed by atoms with Gasteiger partial charge in [0.1, 0.15) is 12.2 Å². The molecule has 3 rings (SSSR count). The summed E-state index contributed by atoms with van der Waals surface area (Å²) in [5.74, 6) is 0.958. The number of para-hydroxylation sites is 2. The van der Waals surface area contributed by atoms with Crippen LogP contribution in [0.25, 0.3) is 5.69 Å². The van der Waals surface area contributed by atoms with Gasteiger partial charge in [0.05, 0.1) is 0 Å². The molecular weight excluding hydrogens is 248 g/mol. The average molecular weight is 264 g/mol. The predicted molar refractivity (Wildman–Crippen MR) is 80.0 cm³/mol. The Balaban J connectivity index is 1.66. The third-order valence-electron chi connectivity index (χ3n) is 3.10. The Hall–Kier alpha value is -2.62. The van der Waals surface area contributed by atoms with Gasteiger partial charge in [-0.15, -0.1) is 10.2 Å². The van der Waals surface area contributed by atoms with Crippen molar-refractivity contribution in [3.63, 3.8) is 0 Å². The molecule has 0 spiro atoms. The van der Waals surface area contributed by atoms with Crippen molar-refractivity contribution >= 4 is 5.69 Å². The van der Waals surface area contributed by atoms with Crippen molar-refractivity contribution in [3.8, 4) is 5.69 Å². The molecule has 20 heavy (non-hydrogen) atoms. The van der Waals surface area contributed by atoms with Crippen LogP contribution in [-0.2, 0) is 6.42 Å². The fraction of sp³-hybridized carbons (Fsp3) is 0.125. The van der Waals surface area contributed by atoms with Gasteiger partial charge in [-0.1, -0.05) is 36.4 Å². The summed E-state index contributed by atoms with van der Waals surface area (Å²) in [5, 5.41) is 11.6. The standard InChI is InChI=1S/C16H16N4/c1-3-7-14(8-4-1)17-12-11-16-19-18-13-20(16)15-9-5-2-6-10-15/h1-10,13,17H,11-12H2. The highest BCUT2D eigenvalue weighted by atomic mass is 15.3. The van der Waals surface area contributed by atoms with E-state index in [0.29, 0.717) is 0 Å². The first kappa shape index (κ1) is 12.4. The fourth-order valence-electron chi connectivity index (χ4n) is 2.11. The molecule has 0 unspecified atom stereocenters. The van der Waals surface area contributed by atoms with Gasteiger partial charge in [-0.3, -0.25) is 4.57 Å². The van der Waals surface area contributed by atoms with Gasteiger partial charge in [0.15, 0.2) is 0 Å². The maximum Gasteiger partial charge on any atom is 0.139 e. The van der Waals surface area contributed by atoms with Gasteiger partial charge in [0, 0.05) is 24.3 Å². The highest BCUT2D eigenvalue weighted by Crippen LogP contribution is 2.10. The largest absolute Gasteiger partial charge is 0.385 e. The average Bonchev–Trinajstić information content (AvgIpc) is 2.98. The van der Waals surface area contributed by atoms with E-state index in [1.807, 2.05) is 41.0 Å². The van der Waals surface area contributed by atoms with Crippen LogP contribution in [0.3, 0.4) is 0 Å². The Bertz CT molecular complexity index is 647. The first-order chi connectivity index (χ1) is 9.93. The zero-order chi connectivity index (χ0) is 13.6. The Morgan fingerprint density at radius 1 is 0.900 bits per heavy atom. The molecule has 0 fully saturated rings. The quantitative estimate of drug-likeness (QED) is 0.770. The Morgan fingerprint density at radius 2 is 1.60 bits per heavy atom. The zero-order valence-corrected chi connectivity index (χ0v) is 11.1. The molecule has 0 aliphatic carbocycles. The van der Waals surface area contributed by atoms with Gasteiger partial charge in [0.2, 0.25) is 0 Å². The van der Waals surface area contributed by atoms with Crippen molar-refractivity contribution in [2.45, 2.75) is 6.42 Å². The van der Waals surface area contributed by atoms with Crippen LogP contribution in [0.15, 0.2) is 67.0 Å². The first-order valence-electron chi connectivity index (χ1n) is 6.67. The molecule has 0 radical (unpaired) electrons. The third kappa shape index (κ3) is 2.85. The van der Waals surface area contributed by atoms with E-state index in [1.54, 1.807) is 6.33 Å². The Labute approximate surface area is 118 Å². The molecule has 1 N–H and O–H groups in total. The minimum absolute atomic E-state index is 0.823. The van der Waals surface area contributed by atoms with E-state index in [1.165, 1.54) is 0 Å². The predicted octanol–water partition coefficient (Wildman–Crippen LogP) is 2.92. The second-order valence-electron chi connectivity index (χ2n) is 4.50. The van der Waals surface area contributed by atoms with E-state index < -0.39 is 0 Å². The van der Waals surface area contributed by atoms with Crippen molar-refractivity contribution in [1.29, 1.82) is 0 Å². The summed E-state index contributed by atoms with van der Waals surface area (Å²) in [6.45, 7) is 0.829. The van der Waals surface area contributed by atoms with E-state index in [9.17, 15) is 0 Å². The van der Waals surface area contributed by atoms with Gasteiger partial charge in [0.25, 0.3) is 0 Å². The Kier molecular flexibility index (Phi) is 3.73. The molecule has 100 valence electrons. The number of nitrogens with one attached hydrogen (secondary N) is 1. The molecule has 0 aliphatic rings. The molecule has 4 heteroatoms. The van der Waals surface area contributed by atoms with Crippen molar-refractivity contribution in [3.05, 3.63) is 72.8 Å². The summed E-state index contributed by atoms with van der Waals surface area (Å²) in [5.41, 5.74) is 2.21. The number of benzene rings is 2. The van der Waals surface area contributed by atoms with Crippen LogP contribution < -0.4 is 5.32 Å². The van der Waals surface area contributed by atoms with Crippen molar-refractivity contribution < 1.29 is 0 Å². The van der Waals surface area contributed by atoms with E-state index in [0.717, 1.165) is 30.2 Å². The van der Waals surface area contributed by atoms with Crippen LogP contribution in [0.4, 0.5) is 5.69 Å². The summed E-state index contributed by atoms with van der Waals surface area (Å²) < 4.78 is 2.02. The van der Waals surface area contributed by atoms with Crippen LogP contribution in [-0.4, -0.2) is 21.3 Å². The van der Waals surface area contributed by atoms with Gasteiger partial charge in [-0.2, -0.15) is 0 Å². The third-order valence-corrected chi connectivity index (χ3v) is 3.10. The topological polar surface area (TPSA) is 42.7 Å². The molecule has 1 aromatic heterocycles. The summed E-state index contributed by atoms with van der Waals surface area (Å²) in [4.78, 5) is 0. The first-order valence-corrected chi connectivity index (χ1v) is 6.67. The van der Waals surface area contributed by atoms with Gasteiger partial charge in [-0.05, 0) is 24.3 Å². The molecule has 0 amide bonds. The minimum atomic E-state index is 0.823. The second kappa shape index (κ2) is 6.02. The lowest BCUT2D eigenvalue weighted by molar-refractivity contribution is 0.850. The van der Waals surface area contributed by atoms with Crippen LogP contribution in [0, 0.1) is 0 Å². The molecule has 4 nitrogen and oxygen atoms in total. The van der Waals surface area contributed by atoms with E-state index in [4.69, 9.17) is 0 Å². The van der Waals surface area contributed by atoms with Crippen LogP contribution >= 0.6 is 0 Å². The fourth-order valence-corrected chi connectivity index (χ4v) is 2.11. The van der Waals surface area contributed by atoms with Gasteiger partial charge < -0.3 is 5.32 Å². The normalized spacial score (nSPS) is 10.4. The zero-order valence-electron chi connectivity index (χ0n) is 11.1. The van der Waals surface area contributed by atoms with Crippen LogP contribution in [0.2, 0.25) is 0 Å². The van der Waals surface area contributed by atoms with E-state index >= 15 is 0 Å². The number of aromatic nitrogens is 3. The summed E-state index contributed by atoms with van der Waals surface area (Å²) in [6, 6.07) is 20.3. The summed E-state index contributed by atoms with van der Waals surface area (Å²) in [7, 11) is 0. The number of hydrogen-bond donors (Lipinski definition) is 1. The molecule has 0 bridgehead atoms. The summed E-state index contributed by atoms with van der Waals surface area (Å²) >= 11 is 0. The number of hydrogen-bond acceptors (Lipinski definition) is 3. The van der Waals surface area contributed by atoms with Crippen LogP contribution in [0.5, 0.6) is 0 Å². The monoisotopic (exact) mass is 264 g/mol. The lowest BCUT2D eigenvalue weighted by atomic mass is 10.3. The molecule has 0 saturated heterocycles. The van der Waals surface area contributed by atoms with Crippen molar-refractivity contribution in [2.75, 3.05) is 11.9 Å². The highest BCUT2D eigenvalue weighted by molar-refractivity contribution is 5.42. The smallest absolute Gasteiger partial charge is 0.139 e. The van der Waals surface area contributed by atoms with E-state index in [-0.39, 0.29) is 0 Å². The summed E-state index contributed by atoms with van der Waals surface area (Å²) in [6.07, 6.45) is 2.58. The molecule has 3 aromatic rings. The maximum absolute atomic E-state index is 4.20. The van der Waals surface area contributed by atoms with Crippen molar-refractivity contribution in [2.24, 2.45) is 0 Å². The lowest BCUT2D eigenvalue weighted by Crippen LogP contribution is -2.09.